The SMILES string of the molecule is Cn1c(CCC[N+]2(c3ccccc3-n3cccc3)CCC[C@H]2C(N)=O)nc2ccccc21. The molecule has 4 aromatic rings. The minimum atomic E-state index is -0.202. The molecular formula is C26H30N5O+. The fourth-order valence-electron chi connectivity index (χ4n) is 5.52. The summed E-state index contributed by atoms with van der Waals surface area (Å²) < 4.78 is 4.94. The van der Waals surface area contributed by atoms with Gasteiger partial charge >= 0.3 is 0 Å². The van der Waals surface area contributed by atoms with Crippen LogP contribution in [0.15, 0.2) is 73.1 Å². The Balaban J connectivity index is 1.49. The molecule has 0 bridgehead atoms. The van der Waals surface area contributed by atoms with Crippen molar-refractivity contribution in [1.29, 1.82) is 0 Å². The van der Waals surface area contributed by atoms with E-state index in [1.165, 1.54) is 5.69 Å². The molecule has 1 unspecified atom stereocenters. The number of rotatable bonds is 7. The summed E-state index contributed by atoms with van der Waals surface area (Å²) in [6.07, 6.45) is 7.75. The molecule has 6 nitrogen and oxygen atoms in total. The van der Waals surface area contributed by atoms with Crippen molar-refractivity contribution in [3.8, 4) is 5.69 Å². The monoisotopic (exact) mass is 428 g/mol. The molecule has 0 radical (unpaired) electrons. The standard InChI is InChI=1S/C26H29N5O/c1-29-21-11-3-2-10-20(21)28-25(29)15-9-19-31(18-8-14-24(31)26(27)32)23-13-5-4-12-22(23)30-16-6-7-17-30/h2-7,10-13,16-17,24H,8-9,14-15,18-19H2,1H3,(H-,27,32)/p+1/t24-,31?/m0/s1. The number of aryl methyl sites for hydroxylation is 2. The summed E-state index contributed by atoms with van der Waals surface area (Å²) in [6, 6.07) is 20.5. The van der Waals surface area contributed by atoms with Crippen molar-refractivity contribution in [1.82, 2.24) is 18.6 Å². The molecule has 0 aliphatic carbocycles. The number of nitrogens with zero attached hydrogens (tertiary/aromatic N) is 4. The molecule has 164 valence electrons. The molecule has 1 fully saturated rings. The van der Waals surface area contributed by atoms with Crippen LogP contribution in [-0.2, 0) is 18.3 Å². The van der Waals surface area contributed by atoms with Gasteiger partial charge in [0.05, 0.1) is 24.1 Å². The maximum Gasteiger partial charge on any atom is 0.276 e. The average molecular weight is 429 g/mol. The Hall–Kier alpha value is -3.38. The predicted molar refractivity (Wildman–Crippen MR) is 129 cm³/mol. The Kier molecular flexibility index (Phi) is 5.31. The fraction of sp³-hybridized carbons (Fsp3) is 0.308. The first kappa shape index (κ1) is 20.5. The lowest BCUT2D eigenvalue weighted by atomic mass is 10.1. The maximum atomic E-state index is 12.6. The molecule has 5 rings (SSSR count). The van der Waals surface area contributed by atoms with Crippen LogP contribution in [0.3, 0.4) is 0 Å². The van der Waals surface area contributed by atoms with E-state index in [-0.39, 0.29) is 11.9 Å². The first-order valence-electron chi connectivity index (χ1n) is 11.4. The van der Waals surface area contributed by atoms with Gasteiger partial charge in [-0.15, -0.1) is 0 Å². The maximum absolute atomic E-state index is 12.6. The van der Waals surface area contributed by atoms with Gasteiger partial charge in [-0.3, -0.25) is 9.28 Å². The number of hydrogen-bond donors (Lipinski definition) is 1. The van der Waals surface area contributed by atoms with Crippen LogP contribution >= 0.6 is 0 Å². The number of nitrogens with two attached hydrogens (primary N) is 1. The van der Waals surface area contributed by atoms with Crippen molar-refractivity contribution in [2.45, 2.75) is 31.7 Å². The van der Waals surface area contributed by atoms with Gasteiger partial charge in [-0.25, -0.2) is 4.98 Å². The molecule has 0 saturated carbocycles. The van der Waals surface area contributed by atoms with Crippen LogP contribution < -0.4 is 10.2 Å². The molecular weight excluding hydrogens is 398 g/mol. The zero-order chi connectivity index (χ0) is 22.1. The number of hydrogen-bond acceptors (Lipinski definition) is 2. The molecule has 2 aromatic heterocycles. The highest BCUT2D eigenvalue weighted by atomic mass is 16.1. The Morgan fingerprint density at radius 2 is 1.84 bits per heavy atom. The van der Waals surface area contributed by atoms with Crippen LogP contribution in [0.25, 0.3) is 16.7 Å². The number of carbonyl (C=O) groups is 1. The van der Waals surface area contributed by atoms with Crippen molar-refractivity contribution < 1.29 is 4.79 Å². The van der Waals surface area contributed by atoms with Gasteiger partial charge in [0.1, 0.15) is 11.5 Å². The topological polar surface area (TPSA) is 65.8 Å². The van der Waals surface area contributed by atoms with Gasteiger partial charge in [0.15, 0.2) is 11.7 Å². The summed E-state index contributed by atoms with van der Waals surface area (Å²) in [5, 5.41) is 0. The Labute approximate surface area is 188 Å². The molecule has 6 heteroatoms. The first-order chi connectivity index (χ1) is 15.6. The molecule has 1 aliphatic rings. The molecule has 0 spiro atoms. The van der Waals surface area contributed by atoms with Crippen LogP contribution in [0.5, 0.6) is 0 Å². The zero-order valence-electron chi connectivity index (χ0n) is 18.5. The van der Waals surface area contributed by atoms with Gasteiger partial charge in [-0.05, 0) is 30.3 Å². The number of likely N-dealkylation sites (tertiary alicyclic amines) is 1. The van der Waals surface area contributed by atoms with Crippen LogP contribution in [0.2, 0.25) is 0 Å². The highest BCUT2D eigenvalue weighted by Crippen LogP contribution is 2.39. The summed E-state index contributed by atoms with van der Waals surface area (Å²) in [5.74, 6) is 0.880. The van der Waals surface area contributed by atoms with Gasteiger partial charge in [-0.2, -0.15) is 0 Å². The number of carbonyl (C=O) groups excluding carboxylic acids is 1. The molecule has 3 heterocycles. The van der Waals surface area contributed by atoms with E-state index in [4.69, 9.17) is 10.7 Å². The minimum Gasteiger partial charge on any atom is -0.364 e. The third kappa shape index (κ3) is 3.41. The number of imidazole rings is 1. The van der Waals surface area contributed by atoms with Crippen molar-refractivity contribution in [3.63, 3.8) is 0 Å². The number of fused-ring (bicyclic) bond motifs is 1. The predicted octanol–water partition coefficient (Wildman–Crippen LogP) is 3.95. The van der Waals surface area contributed by atoms with Crippen LogP contribution in [0, 0.1) is 0 Å². The van der Waals surface area contributed by atoms with Gasteiger partial charge in [0, 0.05) is 51.2 Å². The number of primary amides is 1. The zero-order valence-corrected chi connectivity index (χ0v) is 18.5. The highest BCUT2D eigenvalue weighted by molar-refractivity contribution is 5.84. The Morgan fingerprint density at radius 3 is 2.62 bits per heavy atom. The van der Waals surface area contributed by atoms with E-state index in [1.54, 1.807) is 0 Å². The van der Waals surface area contributed by atoms with Gasteiger partial charge in [0.2, 0.25) is 0 Å². The molecule has 1 saturated heterocycles. The van der Waals surface area contributed by atoms with E-state index in [9.17, 15) is 4.79 Å². The second-order valence-corrected chi connectivity index (χ2v) is 8.80. The lowest BCUT2D eigenvalue weighted by molar-refractivity contribution is -0.122. The van der Waals surface area contributed by atoms with Crippen molar-refractivity contribution in [3.05, 3.63) is 78.9 Å². The smallest absolute Gasteiger partial charge is 0.276 e. The third-order valence-corrected chi connectivity index (χ3v) is 7.04. The number of amides is 1. The summed E-state index contributed by atoms with van der Waals surface area (Å²) in [4.78, 5) is 17.4. The lowest BCUT2D eigenvalue weighted by Gasteiger charge is -2.39. The molecule has 32 heavy (non-hydrogen) atoms. The van der Waals surface area contributed by atoms with E-state index in [0.29, 0.717) is 4.48 Å². The summed E-state index contributed by atoms with van der Waals surface area (Å²) >= 11 is 0. The summed E-state index contributed by atoms with van der Waals surface area (Å²) in [7, 11) is 2.08. The second kappa shape index (κ2) is 8.28. The van der Waals surface area contributed by atoms with Crippen molar-refractivity contribution in [2.75, 3.05) is 13.1 Å². The molecule has 2 aromatic carbocycles. The van der Waals surface area contributed by atoms with E-state index in [2.05, 4.69) is 65.0 Å². The number of benzene rings is 2. The van der Waals surface area contributed by atoms with E-state index in [1.807, 2.05) is 24.3 Å². The Bertz CT molecular complexity index is 1240. The molecule has 1 aliphatic heterocycles. The summed E-state index contributed by atoms with van der Waals surface area (Å²) in [6.45, 7) is 1.78. The van der Waals surface area contributed by atoms with Crippen LogP contribution in [0.1, 0.15) is 25.1 Å². The lowest BCUT2D eigenvalue weighted by Crippen LogP contribution is -2.59. The van der Waals surface area contributed by atoms with Crippen LogP contribution in [0.4, 0.5) is 5.69 Å². The number of para-hydroxylation sites is 4. The van der Waals surface area contributed by atoms with E-state index < -0.39 is 0 Å². The largest absolute Gasteiger partial charge is 0.364 e. The molecule has 2 atom stereocenters. The minimum absolute atomic E-state index is 0.201. The van der Waals surface area contributed by atoms with Crippen molar-refractivity contribution >= 4 is 22.6 Å². The van der Waals surface area contributed by atoms with Crippen molar-refractivity contribution in [2.24, 2.45) is 12.8 Å². The quantitative estimate of drug-likeness (QED) is 0.453. The highest BCUT2D eigenvalue weighted by Gasteiger charge is 2.47. The third-order valence-electron chi connectivity index (χ3n) is 7.04. The number of aromatic nitrogens is 3. The first-order valence-corrected chi connectivity index (χ1v) is 11.4. The van der Waals surface area contributed by atoms with E-state index in [0.717, 1.165) is 61.3 Å². The average Bonchev–Trinajstić information content (AvgIpc) is 3.54. The number of quaternary nitrogens is 1. The van der Waals surface area contributed by atoms with Crippen LogP contribution in [-0.4, -0.2) is 39.2 Å². The normalized spacial score (nSPS) is 20.7. The molecule has 1 amide bonds. The summed E-state index contributed by atoms with van der Waals surface area (Å²) in [5.41, 5.74) is 10.4. The van der Waals surface area contributed by atoms with Gasteiger partial charge in [0.25, 0.3) is 5.91 Å². The van der Waals surface area contributed by atoms with Gasteiger partial charge < -0.3 is 14.9 Å². The Morgan fingerprint density at radius 1 is 1.09 bits per heavy atom. The fourth-order valence-corrected chi connectivity index (χ4v) is 5.52. The van der Waals surface area contributed by atoms with Gasteiger partial charge in [-0.1, -0.05) is 24.3 Å². The second-order valence-electron chi connectivity index (χ2n) is 8.80. The van der Waals surface area contributed by atoms with E-state index >= 15 is 0 Å². The molecule has 2 N–H and O–H groups in total.